The number of hydrogen-bond donors (Lipinski definition) is 2. The lowest BCUT2D eigenvalue weighted by atomic mass is 10.2. The fourth-order valence-corrected chi connectivity index (χ4v) is 1.68. The summed E-state index contributed by atoms with van der Waals surface area (Å²) in [6.07, 6.45) is 1.61. The van der Waals surface area contributed by atoms with E-state index in [1.165, 1.54) is 0 Å². The molecule has 0 saturated heterocycles. The highest BCUT2D eigenvalue weighted by molar-refractivity contribution is 5.97. The number of aryl methyl sites for hydroxylation is 1. The molecule has 0 radical (unpaired) electrons. The van der Waals surface area contributed by atoms with Crippen molar-refractivity contribution in [3.05, 3.63) is 47.5 Å². The van der Waals surface area contributed by atoms with Crippen LogP contribution in [0.4, 0.5) is 5.82 Å². The van der Waals surface area contributed by atoms with Crippen LogP contribution in [0.2, 0.25) is 0 Å². The number of hydrogen-bond acceptors (Lipinski definition) is 4. The number of primary amides is 1. The third-order valence-electron chi connectivity index (χ3n) is 2.61. The van der Waals surface area contributed by atoms with Gasteiger partial charge in [0, 0.05) is 6.20 Å². The van der Waals surface area contributed by atoms with Crippen LogP contribution in [0, 0.1) is 6.92 Å². The summed E-state index contributed by atoms with van der Waals surface area (Å²) in [5.41, 5.74) is 5.66. The molecule has 0 aliphatic carbocycles. The lowest BCUT2D eigenvalue weighted by Crippen LogP contribution is -2.16. The molecule has 0 saturated carbocycles. The number of nitrogens with two attached hydrogens (primary N) is 1. The van der Waals surface area contributed by atoms with E-state index in [4.69, 9.17) is 10.2 Å². The van der Waals surface area contributed by atoms with E-state index in [1.807, 2.05) is 26.0 Å². The normalized spacial score (nSPS) is 12.1. The Morgan fingerprint density at radius 3 is 2.83 bits per heavy atom. The van der Waals surface area contributed by atoms with Gasteiger partial charge in [-0.25, -0.2) is 4.98 Å². The number of carbonyl (C=O) groups excluding carboxylic acids is 1. The average molecular weight is 245 g/mol. The van der Waals surface area contributed by atoms with Gasteiger partial charge in [-0.1, -0.05) is 0 Å². The minimum absolute atomic E-state index is 0.0910. The maximum absolute atomic E-state index is 11.3. The Bertz CT molecular complexity index is 563. The van der Waals surface area contributed by atoms with Gasteiger partial charge in [-0.15, -0.1) is 0 Å². The van der Waals surface area contributed by atoms with Crippen LogP contribution >= 0.6 is 0 Å². The summed E-state index contributed by atoms with van der Waals surface area (Å²) in [5, 5.41) is 3.12. The molecule has 0 aliphatic heterocycles. The summed E-state index contributed by atoms with van der Waals surface area (Å²) in [5.74, 6) is 1.59. The number of rotatable bonds is 4. The molecule has 2 aromatic heterocycles. The Balaban J connectivity index is 2.21. The van der Waals surface area contributed by atoms with Gasteiger partial charge in [0.1, 0.15) is 17.3 Å². The highest BCUT2D eigenvalue weighted by Gasteiger charge is 2.14. The molecular formula is C13H15N3O2. The second-order valence-corrected chi connectivity index (χ2v) is 4.08. The molecule has 0 bridgehead atoms. The van der Waals surface area contributed by atoms with Crippen molar-refractivity contribution in [3.63, 3.8) is 0 Å². The van der Waals surface area contributed by atoms with Gasteiger partial charge >= 0.3 is 0 Å². The molecule has 1 unspecified atom stereocenters. The van der Waals surface area contributed by atoms with Crippen molar-refractivity contribution in [1.82, 2.24) is 4.98 Å². The van der Waals surface area contributed by atoms with Crippen molar-refractivity contribution in [2.45, 2.75) is 19.9 Å². The van der Waals surface area contributed by atoms with Crippen LogP contribution in [0.5, 0.6) is 0 Å². The molecule has 2 heterocycles. The Kier molecular flexibility index (Phi) is 3.32. The van der Waals surface area contributed by atoms with Crippen LogP contribution in [0.15, 0.2) is 34.9 Å². The van der Waals surface area contributed by atoms with E-state index in [1.54, 1.807) is 18.3 Å². The minimum atomic E-state index is -0.506. The number of anilines is 1. The summed E-state index contributed by atoms with van der Waals surface area (Å²) < 4.78 is 5.51. The molecule has 3 N–H and O–H groups in total. The third-order valence-corrected chi connectivity index (χ3v) is 2.61. The van der Waals surface area contributed by atoms with E-state index in [2.05, 4.69) is 10.3 Å². The Hall–Kier alpha value is -2.30. The Labute approximate surface area is 105 Å². The molecule has 0 fully saturated rings. The van der Waals surface area contributed by atoms with E-state index < -0.39 is 5.91 Å². The van der Waals surface area contributed by atoms with E-state index in [9.17, 15) is 4.79 Å². The van der Waals surface area contributed by atoms with E-state index >= 15 is 0 Å². The van der Waals surface area contributed by atoms with Crippen molar-refractivity contribution in [3.8, 4) is 0 Å². The maximum atomic E-state index is 11.3. The SMILES string of the molecule is Cc1ccc(C(C)Nc2ncccc2C(N)=O)o1. The number of nitrogens with one attached hydrogen (secondary N) is 1. The summed E-state index contributed by atoms with van der Waals surface area (Å²) in [6, 6.07) is 7.00. The molecule has 1 amide bonds. The predicted octanol–water partition coefficient (Wildman–Crippen LogP) is 2.26. The van der Waals surface area contributed by atoms with Crippen LogP contribution in [0.1, 0.15) is 34.8 Å². The van der Waals surface area contributed by atoms with Gasteiger partial charge in [0.25, 0.3) is 5.91 Å². The maximum Gasteiger partial charge on any atom is 0.252 e. The highest BCUT2D eigenvalue weighted by atomic mass is 16.3. The highest BCUT2D eigenvalue weighted by Crippen LogP contribution is 2.21. The van der Waals surface area contributed by atoms with Crippen LogP contribution in [-0.4, -0.2) is 10.9 Å². The van der Waals surface area contributed by atoms with Gasteiger partial charge in [0.2, 0.25) is 0 Å². The number of amides is 1. The zero-order valence-corrected chi connectivity index (χ0v) is 10.3. The Morgan fingerprint density at radius 2 is 2.22 bits per heavy atom. The zero-order valence-electron chi connectivity index (χ0n) is 10.3. The molecule has 2 rings (SSSR count). The molecule has 0 aromatic carbocycles. The third kappa shape index (κ3) is 2.51. The fourth-order valence-electron chi connectivity index (χ4n) is 1.68. The van der Waals surface area contributed by atoms with Gasteiger partial charge in [0.15, 0.2) is 0 Å². The largest absolute Gasteiger partial charge is 0.464 e. The number of aromatic nitrogens is 1. The van der Waals surface area contributed by atoms with Gasteiger partial charge in [0.05, 0.1) is 11.6 Å². The zero-order chi connectivity index (χ0) is 13.1. The summed E-state index contributed by atoms with van der Waals surface area (Å²) in [6.45, 7) is 3.81. The number of carbonyl (C=O) groups is 1. The second-order valence-electron chi connectivity index (χ2n) is 4.08. The molecule has 1 atom stereocenters. The van der Waals surface area contributed by atoms with E-state index in [-0.39, 0.29) is 6.04 Å². The van der Waals surface area contributed by atoms with Gasteiger partial charge in [-0.2, -0.15) is 0 Å². The van der Waals surface area contributed by atoms with Crippen LogP contribution < -0.4 is 11.1 Å². The van der Waals surface area contributed by atoms with Crippen molar-refractivity contribution < 1.29 is 9.21 Å². The average Bonchev–Trinajstić information content (AvgIpc) is 2.76. The van der Waals surface area contributed by atoms with Gasteiger partial charge in [-0.05, 0) is 38.1 Å². The van der Waals surface area contributed by atoms with Crippen LogP contribution in [0.3, 0.4) is 0 Å². The van der Waals surface area contributed by atoms with E-state index in [0.717, 1.165) is 11.5 Å². The van der Waals surface area contributed by atoms with Crippen molar-refractivity contribution in [1.29, 1.82) is 0 Å². The Morgan fingerprint density at radius 1 is 1.44 bits per heavy atom. The van der Waals surface area contributed by atoms with Crippen molar-refractivity contribution >= 4 is 11.7 Å². The number of furan rings is 1. The number of pyridine rings is 1. The molecule has 5 nitrogen and oxygen atoms in total. The van der Waals surface area contributed by atoms with Crippen LogP contribution in [0.25, 0.3) is 0 Å². The molecule has 18 heavy (non-hydrogen) atoms. The van der Waals surface area contributed by atoms with Crippen molar-refractivity contribution in [2.75, 3.05) is 5.32 Å². The quantitative estimate of drug-likeness (QED) is 0.865. The lowest BCUT2D eigenvalue weighted by molar-refractivity contribution is 0.100. The monoisotopic (exact) mass is 245 g/mol. The summed E-state index contributed by atoms with van der Waals surface area (Å²) in [7, 11) is 0. The fraction of sp³-hybridized carbons (Fsp3) is 0.231. The van der Waals surface area contributed by atoms with Crippen molar-refractivity contribution in [2.24, 2.45) is 5.73 Å². The summed E-state index contributed by atoms with van der Waals surface area (Å²) >= 11 is 0. The molecule has 0 spiro atoms. The second kappa shape index (κ2) is 4.91. The predicted molar refractivity (Wildman–Crippen MR) is 68.2 cm³/mol. The molecule has 0 aliphatic rings. The first-order valence-corrected chi connectivity index (χ1v) is 5.65. The topological polar surface area (TPSA) is 81.1 Å². The number of nitrogens with zero attached hydrogens (tertiary/aromatic N) is 1. The molecule has 2 aromatic rings. The summed E-state index contributed by atoms with van der Waals surface area (Å²) in [4.78, 5) is 15.4. The van der Waals surface area contributed by atoms with Gasteiger partial charge in [-0.3, -0.25) is 4.79 Å². The molecular weight excluding hydrogens is 230 g/mol. The first kappa shape index (κ1) is 12.2. The standard InChI is InChI=1S/C13H15N3O2/c1-8-5-6-11(18-8)9(2)16-13-10(12(14)17)4-3-7-15-13/h3-7,9H,1-2H3,(H2,14,17)(H,15,16). The van der Waals surface area contributed by atoms with Crippen LogP contribution in [-0.2, 0) is 0 Å². The smallest absolute Gasteiger partial charge is 0.252 e. The molecule has 5 heteroatoms. The van der Waals surface area contributed by atoms with E-state index in [0.29, 0.717) is 11.4 Å². The first-order chi connectivity index (χ1) is 8.58. The first-order valence-electron chi connectivity index (χ1n) is 5.65. The minimum Gasteiger partial charge on any atom is -0.464 e. The van der Waals surface area contributed by atoms with Gasteiger partial charge < -0.3 is 15.5 Å². The lowest BCUT2D eigenvalue weighted by Gasteiger charge is -2.13. The molecule has 94 valence electrons.